The van der Waals surface area contributed by atoms with Crippen molar-refractivity contribution in [2.24, 2.45) is 0 Å². The van der Waals surface area contributed by atoms with Crippen LogP contribution in [0.2, 0.25) is 5.02 Å². The summed E-state index contributed by atoms with van der Waals surface area (Å²) in [5.41, 5.74) is -1.33. The summed E-state index contributed by atoms with van der Waals surface area (Å²) in [4.78, 5) is 29.6. The molecule has 2 N–H and O–H groups in total. The predicted molar refractivity (Wildman–Crippen MR) is 116 cm³/mol. The van der Waals surface area contributed by atoms with E-state index in [2.05, 4.69) is 41.7 Å². The van der Waals surface area contributed by atoms with Crippen LogP contribution in [-0.4, -0.2) is 43.2 Å². The standard InChI is InChI=1S/C19H12BrClF3N7O2/c1-25-18(33)15-14(10(20)7-9-4-6-27-30(9)15)28-17(32)12-8-13(19(22,23)24)29-31(12)16-11(21)3-2-5-26-16/h2-8H,1H3,(H,25,33)(H,28,32). The summed E-state index contributed by atoms with van der Waals surface area (Å²) in [6, 6.07) is 6.66. The molecule has 4 aromatic rings. The van der Waals surface area contributed by atoms with Crippen molar-refractivity contribution in [2.45, 2.75) is 6.18 Å². The van der Waals surface area contributed by atoms with Gasteiger partial charge in [0.15, 0.2) is 17.2 Å². The molecule has 0 spiro atoms. The third kappa shape index (κ3) is 4.16. The first-order chi connectivity index (χ1) is 15.6. The molecule has 4 heterocycles. The predicted octanol–water partition coefficient (Wildman–Crippen LogP) is 3.96. The molecule has 4 rings (SSSR count). The number of hydrogen-bond donors (Lipinski definition) is 2. The molecule has 0 aliphatic heterocycles. The monoisotopic (exact) mass is 541 g/mol. The van der Waals surface area contributed by atoms with E-state index in [4.69, 9.17) is 11.6 Å². The Hall–Kier alpha value is -3.45. The molecule has 0 radical (unpaired) electrons. The molecule has 0 aliphatic rings. The maximum atomic E-state index is 13.4. The average molecular weight is 543 g/mol. The number of alkyl halides is 3. The zero-order valence-electron chi connectivity index (χ0n) is 16.5. The fourth-order valence-electron chi connectivity index (χ4n) is 3.03. The maximum absolute atomic E-state index is 13.4. The maximum Gasteiger partial charge on any atom is 0.435 e. The molecule has 0 atom stereocenters. The van der Waals surface area contributed by atoms with Crippen LogP contribution in [-0.2, 0) is 6.18 Å². The zero-order chi connectivity index (χ0) is 23.9. The molecule has 0 aromatic carbocycles. The van der Waals surface area contributed by atoms with E-state index >= 15 is 0 Å². The summed E-state index contributed by atoms with van der Waals surface area (Å²) in [5.74, 6) is -1.75. The van der Waals surface area contributed by atoms with Crippen molar-refractivity contribution in [2.75, 3.05) is 12.4 Å². The van der Waals surface area contributed by atoms with Gasteiger partial charge in [-0.2, -0.15) is 23.4 Å². The van der Waals surface area contributed by atoms with Gasteiger partial charge in [0.25, 0.3) is 11.8 Å². The Balaban J connectivity index is 1.86. The summed E-state index contributed by atoms with van der Waals surface area (Å²) >= 11 is 9.37. The lowest BCUT2D eigenvalue weighted by Gasteiger charge is -2.14. The van der Waals surface area contributed by atoms with Crippen LogP contribution in [0.3, 0.4) is 0 Å². The Morgan fingerprint density at radius 1 is 1.15 bits per heavy atom. The van der Waals surface area contributed by atoms with Crippen molar-refractivity contribution < 1.29 is 22.8 Å². The van der Waals surface area contributed by atoms with Crippen molar-refractivity contribution in [1.29, 1.82) is 0 Å². The second kappa shape index (κ2) is 8.48. The van der Waals surface area contributed by atoms with Gasteiger partial charge in [0.1, 0.15) is 5.69 Å². The van der Waals surface area contributed by atoms with Crippen LogP contribution in [0.15, 0.2) is 47.2 Å². The quantitative estimate of drug-likeness (QED) is 0.406. The average Bonchev–Trinajstić information content (AvgIpc) is 3.41. The minimum Gasteiger partial charge on any atom is -0.354 e. The van der Waals surface area contributed by atoms with Gasteiger partial charge in [-0.1, -0.05) is 11.6 Å². The molecule has 33 heavy (non-hydrogen) atoms. The van der Waals surface area contributed by atoms with E-state index in [9.17, 15) is 22.8 Å². The zero-order valence-corrected chi connectivity index (χ0v) is 18.8. The van der Waals surface area contributed by atoms with Gasteiger partial charge in [0.2, 0.25) is 0 Å². The van der Waals surface area contributed by atoms with Crippen molar-refractivity contribution in [3.05, 3.63) is 69.3 Å². The first-order valence-corrected chi connectivity index (χ1v) is 10.3. The highest BCUT2D eigenvalue weighted by molar-refractivity contribution is 9.10. The summed E-state index contributed by atoms with van der Waals surface area (Å²) in [7, 11) is 1.39. The molecule has 9 nitrogen and oxygen atoms in total. The number of carbonyl (C=O) groups excluding carboxylic acids is 2. The fraction of sp³-hybridized carbons (Fsp3) is 0.105. The number of rotatable bonds is 4. The second-order valence-corrected chi connectivity index (χ2v) is 7.81. The number of hydrogen-bond acceptors (Lipinski definition) is 5. The summed E-state index contributed by atoms with van der Waals surface area (Å²) in [5, 5.41) is 12.5. The third-order valence-electron chi connectivity index (χ3n) is 4.49. The number of nitrogens with one attached hydrogen (secondary N) is 2. The van der Waals surface area contributed by atoms with Crippen molar-refractivity contribution in [3.63, 3.8) is 0 Å². The van der Waals surface area contributed by atoms with Gasteiger partial charge in [-0.25, -0.2) is 14.2 Å². The number of amides is 2. The highest BCUT2D eigenvalue weighted by Crippen LogP contribution is 2.32. The molecule has 0 aliphatic carbocycles. The summed E-state index contributed by atoms with van der Waals surface area (Å²) < 4.78 is 42.4. The second-order valence-electron chi connectivity index (χ2n) is 6.55. The lowest BCUT2D eigenvalue weighted by Crippen LogP contribution is -2.26. The Kier molecular flexibility index (Phi) is 5.84. The van der Waals surface area contributed by atoms with Crippen LogP contribution >= 0.6 is 27.5 Å². The van der Waals surface area contributed by atoms with Crippen LogP contribution in [0.1, 0.15) is 26.7 Å². The van der Waals surface area contributed by atoms with Crippen LogP contribution in [0, 0.1) is 0 Å². The largest absolute Gasteiger partial charge is 0.435 e. The molecule has 14 heteroatoms. The molecule has 0 bridgehead atoms. The lowest BCUT2D eigenvalue weighted by molar-refractivity contribution is -0.141. The van der Waals surface area contributed by atoms with E-state index in [1.807, 2.05) is 0 Å². The van der Waals surface area contributed by atoms with Gasteiger partial charge in [0, 0.05) is 23.8 Å². The Labute approximate surface area is 196 Å². The van der Waals surface area contributed by atoms with Gasteiger partial charge in [-0.3, -0.25) is 9.59 Å². The normalized spacial score (nSPS) is 11.6. The van der Waals surface area contributed by atoms with E-state index in [0.29, 0.717) is 20.7 Å². The topological polar surface area (TPSA) is 106 Å². The molecule has 0 unspecified atom stereocenters. The summed E-state index contributed by atoms with van der Waals surface area (Å²) in [6.45, 7) is 0. The molecule has 170 valence electrons. The van der Waals surface area contributed by atoms with Crippen LogP contribution in [0.4, 0.5) is 18.9 Å². The smallest absolute Gasteiger partial charge is 0.354 e. The van der Waals surface area contributed by atoms with E-state index < -0.39 is 29.4 Å². The molecule has 2 amide bonds. The third-order valence-corrected chi connectivity index (χ3v) is 5.41. The molecule has 0 saturated heterocycles. The van der Waals surface area contributed by atoms with Gasteiger partial charge >= 0.3 is 6.18 Å². The number of nitrogens with zero attached hydrogens (tertiary/aromatic N) is 5. The Morgan fingerprint density at radius 3 is 2.58 bits per heavy atom. The molecule has 0 saturated carbocycles. The minimum absolute atomic E-state index is 0.0102. The number of fused-ring (bicyclic) bond motifs is 1. The van der Waals surface area contributed by atoms with Crippen molar-refractivity contribution >= 4 is 50.5 Å². The number of anilines is 1. The number of pyridine rings is 2. The van der Waals surface area contributed by atoms with Crippen molar-refractivity contribution in [3.8, 4) is 5.82 Å². The highest BCUT2D eigenvalue weighted by Gasteiger charge is 2.37. The number of aromatic nitrogens is 5. The van der Waals surface area contributed by atoms with E-state index in [0.717, 1.165) is 0 Å². The Morgan fingerprint density at radius 2 is 1.91 bits per heavy atom. The first-order valence-electron chi connectivity index (χ1n) is 9.09. The lowest BCUT2D eigenvalue weighted by atomic mass is 10.2. The molecule has 4 aromatic heterocycles. The minimum atomic E-state index is -4.83. The number of carbonyl (C=O) groups is 2. The van der Waals surface area contributed by atoms with Gasteiger partial charge < -0.3 is 10.6 Å². The van der Waals surface area contributed by atoms with Gasteiger partial charge in [0.05, 0.1) is 22.4 Å². The number of halogens is 5. The van der Waals surface area contributed by atoms with Crippen molar-refractivity contribution in [1.82, 2.24) is 29.7 Å². The highest BCUT2D eigenvalue weighted by atomic mass is 79.9. The van der Waals surface area contributed by atoms with E-state index in [1.165, 1.54) is 36.1 Å². The van der Waals surface area contributed by atoms with E-state index in [-0.39, 0.29) is 22.2 Å². The fourth-order valence-corrected chi connectivity index (χ4v) is 3.75. The van der Waals surface area contributed by atoms with E-state index in [1.54, 1.807) is 12.1 Å². The SMILES string of the molecule is CNC(=O)c1c(NC(=O)c2cc(C(F)(F)F)nn2-c2ncccc2Cl)c(Br)cc2ccnn12. The first kappa shape index (κ1) is 22.7. The molecular weight excluding hydrogens is 531 g/mol. The van der Waals surface area contributed by atoms with Crippen LogP contribution < -0.4 is 10.6 Å². The van der Waals surface area contributed by atoms with Crippen LogP contribution in [0.25, 0.3) is 11.3 Å². The van der Waals surface area contributed by atoms with Gasteiger partial charge in [-0.15, -0.1) is 0 Å². The van der Waals surface area contributed by atoms with Gasteiger partial charge in [-0.05, 0) is 40.2 Å². The molecular formula is C19H12BrClF3N7O2. The molecule has 0 fully saturated rings. The summed E-state index contributed by atoms with van der Waals surface area (Å²) in [6.07, 6.45) is -2.08. The Bertz CT molecular complexity index is 1400. The van der Waals surface area contributed by atoms with Crippen LogP contribution in [0.5, 0.6) is 0 Å².